The van der Waals surface area contributed by atoms with Crippen LogP contribution in [0.15, 0.2) is 0 Å². The molecular formula is C16H32O10. The second kappa shape index (κ2) is 9.69. The number of aliphatic hydroxyl groups excluding tert-OH is 8. The maximum atomic E-state index is 9.97. The zero-order valence-corrected chi connectivity index (χ0v) is 15.2. The Balaban J connectivity index is 2.57. The van der Waals surface area contributed by atoms with Gasteiger partial charge in [0.05, 0.1) is 19.3 Å². The van der Waals surface area contributed by atoms with Crippen molar-refractivity contribution in [2.75, 3.05) is 13.2 Å². The Morgan fingerprint density at radius 2 is 1.42 bits per heavy atom. The molecule has 8 N–H and O–H groups in total. The first-order valence-electron chi connectivity index (χ1n) is 8.53. The third-order valence-electron chi connectivity index (χ3n) is 4.24. The molecule has 0 aromatic rings. The first-order valence-corrected chi connectivity index (χ1v) is 8.53. The Hall–Kier alpha value is -0.400. The maximum absolute atomic E-state index is 9.97. The van der Waals surface area contributed by atoms with Gasteiger partial charge in [-0.2, -0.15) is 0 Å². The van der Waals surface area contributed by atoms with Crippen LogP contribution in [0.5, 0.6) is 0 Å². The summed E-state index contributed by atoms with van der Waals surface area (Å²) in [6.45, 7) is 4.30. The molecular weight excluding hydrogens is 352 g/mol. The van der Waals surface area contributed by atoms with Crippen LogP contribution in [0.2, 0.25) is 0 Å². The van der Waals surface area contributed by atoms with Crippen LogP contribution in [-0.2, 0) is 9.47 Å². The van der Waals surface area contributed by atoms with Crippen LogP contribution in [0.1, 0.15) is 27.2 Å². The van der Waals surface area contributed by atoms with E-state index in [0.29, 0.717) is 0 Å². The second-order valence-corrected chi connectivity index (χ2v) is 7.91. The molecule has 0 radical (unpaired) electrons. The van der Waals surface area contributed by atoms with Crippen LogP contribution >= 0.6 is 0 Å². The first kappa shape index (κ1) is 23.6. The number of ether oxygens (including phenoxy) is 2. The van der Waals surface area contributed by atoms with Gasteiger partial charge < -0.3 is 50.3 Å². The van der Waals surface area contributed by atoms with Crippen LogP contribution < -0.4 is 0 Å². The molecule has 156 valence electrons. The molecule has 0 aliphatic carbocycles. The van der Waals surface area contributed by atoms with E-state index in [0.717, 1.165) is 0 Å². The van der Waals surface area contributed by atoms with E-state index in [4.69, 9.17) is 14.6 Å². The maximum Gasteiger partial charge on any atom is 0.186 e. The van der Waals surface area contributed by atoms with Crippen LogP contribution in [0, 0.1) is 5.41 Å². The summed E-state index contributed by atoms with van der Waals surface area (Å²) in [6, 6.07) is 0. The van der Waals surface area contributed by atoms with E-state index in [9.17, 15) is 35.7 Å². The first-order chi connectivity index (χ1) is 11.9. The SMILES string of the molecule is CC(C)(C)C[C@H](O)[C@@H](O)[C@H](O)[C@H](O)CO[C@@H]1O[C@H](CO)[C@@H](O)[C@H](O)[C@H]1O. The molecule has 0 bridgehead atoms. The summed E-state index contributed by atoms with van der Waals surface area (Å²) in [5.74, 6) is 0. The standard InChI is InChI=1S/C16H32O10/c1-16(2,3)4-7(18)10(20)11(21)8(19)6-25-15-14(24)13(23)12(22)9(5-17)26-15/h7-15,17-24H,4-6H2,1-3H3/t7-,8+,9+,10+,11+,12+,13-,14+,15+/m0/s1. The second-order valence-electron chi connectivity index (χ2n) is 7.91. The molecule has 1 rings (SSSR count). The molecule has 10 heteroatoms. The van der Waals surface area contributed by atoms with Gasteiger partial charge in [0.2, 0.25) is 0 Å². The van der Waals surface area contributed by atoms with E-state index < -0.39 is 68.3 Å². The van der Waals surface area contributed by atoms with Gasteiger partial charge in [0.25, 0.3) is 0 Å². The highest BCUT2D eigenvalue weighted by atomic mass is 16.7. The minimum Gasteiger partial charge on any atom is -0.394 e. The van der Waals surface area contributed by atoms with Gasteiger partial charge >= 0.3 is 0 Å². The Kier molecular flexibility index (Phi) is 8.81. The lowest BCUT2D eigenvalue weighted by molar-refractivity contribution is -0.306. The molecule has 1 aliphatic rings. The van der Waals surface area contributed by atoms with Gasteiger partial charge in [-0.05, 0) is 11.8 Å². The fraction of sp³-hybridized carbons (Fsp3) is 1.00. The largest absolute Gasteiger partial charge is 0.394 e. The average molecular weight is 384 g/mol. The fourth-order valence-corrected chi connectivity index (χ4v) is 2.70. The molecule has 0 unspecified atom stereocenters. The quantitative estimate of drug-likeness (QED) is 0.211. The minimum atomic E-state index is -1.72. The molecule has 1 heterocycles. The van der Waals surface area contributed by atoms with E-state index in [2.05, 4.69) is 0 Å². The predicted octanol–water partition coefficient (Wildman–Crippen LogP) is -3.32. The molecule has 0 spiro atoms. The van der Waals surface area contributed by atoms with Gasteiger partial charge in [0.15, 0.2) is 6.29 Å². The van der Waals surface area contributed by atoms with E-state index in [1.165, 1.54) is 0 Å². The van der Waals surface area contributed by atoms with E-state index >= 15 is 0 Å². The van der Waals surface area contributed by atoms with Crippen molar-refractivity contribution >= 4 is 0 Å². The minimum absolute atomic E-state index is 0.186. The van der Waals surface area contributed by atoms with Crippen molar-refractivity contribution in [3.05, 3.63) is 0 Å². The predicted molar refractivity (Wildman–Crippen MR) is 87.8 cm³/mol. The third kappa shape index (κ3) is 6.34. The number of hydrogen-bond donors (Lipinski definition) is 8. The summed E-state index contributed by atoms with van der Waals surface area (Å²) in [6.07, 6.45) is -13.5. The van der Waals surface area contributed by atoms with Crippen molar-refractivity contribution in [2.24, 2.45) is 5.41 Å². The van der Waals surface area contributed by atoms with E-state index in [1.54, 1.807) is 0 Å². The Bertz CT molecular complexity index is 412. The number of hydrogen-bond acceptors (Lipinski definition) is 10. The van der Waals surface area contributed by atoms with Crippen molar-refractivity contribution in [3.8, 4) is 0 Å². The lowest BCUT2D eigenvalue weighted by Crippen LogP contribution is -2.59. The van der Waals surface area contributed by atoms with E-state index in [-0.39, 0.29) is 11.8 Å². The molecule has 1 saturated heterocycles. The summed E-state index contributed by atoms with van der Waals surface area (Å²) < 4.78 is 10.2. The highest BCUT2D eigenvalue weighted by Crippen LogP contribution is 2.24. The van der Waals surface area contributed by atoms with Gasteiger partial charge in [0, 0.05) is 0 Å². The van der Waals surface area contributed by atoms with Crippen molar-refractivity contribution in [3.63, 3.8) is 0 Å². The smallest absolute Gasteiger partial charge is 0.186 e. The van der Waals surface area contributed by atoms with Crippen LogP contribution in [0.25, 0.3) is 0 Å². The average Bonchev–Trinajstić information content (AvgIpc) is 2.56. The Morgan fingerprint density at radius 3 is 1.92 bits per heavy atom. The van der Waals surface area contributed by atoms with E-state index in [1.807, 2.05) is 20.8 Å². The van der Waals surface area contributed by atoms with Crippen LogP contribution in [0.3, 0.4) is 0 Å². The van der Waals surface area contributed by atoms with Crippen molar-refractivity contribution in [2.45, 2.75) is 82.3 Å². The topological polar surface area (TPSA) is 180 Å². The number of rotatable bonds is 8. The Labute approximate surface area is 152 Å². The molecule has 9 atom stereocenters. The highest BCUT2D eigenvalue weighted by Gasteiger charge is 2.44. The lowest BCUT2D eigenvalue weighted by Gasteiger charge is -2.40. The molecule has 26 heavy (non-hydrogen) atoms. The van der Waals surface area contributed by atoms with Crippen LogP contribution in [0.4, 0.5) is 0 Å². The van der Waals surface area contributed by atoms with Gasteiger partial charge in [0.1, 0.15) is 42.7 Å². The Morgan fingerprint density at radius 1 is 0.885 bits per heavy atom. The summed E-state index contributed by atoms with van der Waals surface area (Å²) >= 11 is 0. The third-order valence-corrected chi connectivity index (χ3v) is 4.24. The summed E-state index contributed by atoms with van der Waals surface area (Å²) in [4.78, 5) is 0. The van der Waals surface area contributed by atoms with Gasteiger partial charge in [-0.3, -0.25) is 0 Å². The van der Waals surface area contributed by atoms with Crippen molar-refractivity contribution in [1.29, 1.82) is 0 Å². The zero-order valence-electron chi connectivity index (χ0n) is 15.2. The molecule has 0 aromatic carbocycles. The molecule has 1 fully saturated rings. The highest BCUT2D eigenvalue weighted by molar-refractivity contribution is 4.89. The summed E-state index contributed by atoms with van der Waals surface area (Å²) in [5.41, 5.74) is -0.308. The normalized spacial score (nSPS) is 35.0. The lowest BCUT2D eigenvalue weighted by atomic mass is 9.86. The monoisotopic (exact) mass is 384 g/mol. The van der Waals surface area contributed by atoms with Crippen LogP contribution in [-0.4, -0.2) is 109 Å². The fourth-order valence-electron chi connectivity index (χ4n) is 2.70. The van der Waals surface area contributed by atoms with Gasteiger partial charge in [-0.25, -0.2) is 0 Å². The zero-order chi connectivity index (χ0) is 20.2. The molecule has 0 saturated carbocycles. The van der Waals surface area contributed by atoms with Gasteiger partial charge in [-0.15, -0.1) is 0 Å². The molecule has 10 nitrogen and oxygen atoms in total. The molecule has 1 aliphatic heterocycles. The summed E-state index contributed by atoms with van der Waals surface area (Å²) in [7, 11) is 0. The van der Waals surface area contributed by atoms with Gasteiger partial charge in [-0.1, -0.05) is 20.8 Å². The van der Waals surface area contributed by atoms with Crippen molar-refractivity contribution in [1.82, 2.24) is 0 Å². The molecule has 0 aromatic heterocycles. The molecule has 0 amide bonds. The summed E-state index contributed by atoms with van der Waals surface area (Å²) in [5, 5.41) is 78.1. The number of aliphatic hydroxyl groups is 8. The van der Waals surface area contributed by atoms with Crippen molar-refractivity contribution < 1.29 is 50.3 Å².